The second kappa shape index (κ2) is 9.19. The van der Waals surface area contributed by atoms with Crippen LogP contribution >= 0.6 is 22.9 Å². The molecule has 0 bridgehead atoms. The van der Waals surface area contributed by atoms with Crippen LogP contribution in [0.15, 0.2) is 68.9 Å². The molecule has 1 radical (unpaired) electrons. The molecule has 3 aromatic heterocycles. The molecule has 0 saturated carbocycles. The fourth-order valence-electron chi connectivity index (χ4n) is 3.68. The van der Waals surface area contributed by atoms with Gasteiger partial charge in [-0.2, -0.15) is 4.98 Å². The van der Waals surface area contributed by atoms with Crippen LogP contribution in [0.1, 0.15) is 5.89 Å². The predicted molar refractivity (Wildman–Crippen MR) is 129 cm³/mol. The number of fused-ring (bicyclic) bond motifs is 1. The van der Waals surface area contributed by atoms with E-state index in [1.165, 1.54) is 0 Å². The Kier molecular flexibility index (Phi) is 5.76. The average molecular weight is 493 g/mol. The molecule has 0 aliphatic carbocycles. The highest BCUT2D eigenvalue weighted by Gasteiger charge is 2.21. The van der Waals surface area contributed by atoms with Gasteiger partial charge in [-0.15, -0.1) is 16.4 Å². The summed E-state index contributed by atoms with van der Waals surface area (Å²) >= 11 is 7.57. The summed E-state index contributed by atoms with van der Waals surface area (Å²) in [6.45, 7) is 4.80. The first-order chi connectivity index (χ1) is 16.7. The van der Waals surface area contributed by atoms with Crippen LogP contribution in [0.25, 0.3) is 33.3 Å². The van der Waals surface area contributed by atoms with Crippen molar-refractivity contribution in [1.29, 1.82) is 0 Å². The molecular formula is C24H19ClN5O3S. The number of oxazole rings is 1. The fourth-order valence-corrected chi connectivity index (χ4v) is 4.46. The van der Waals surface area contributed by atoms with Gasteiger partial charge >= 0.3 is 0 Å². The van der Waals surface area contributed by atoms with Gasteiger partial charge in [0, 0.05) is 36.3 Å². The van der Waals surface area contributed by atoms with Crippen LogP contribution in [-0.2, 0) is 6.54 Å². The molecule has 1 aliphatic rings. The van der Waals surface area contributed by atoms with Crippen LogP contribution in [0.5, 0.6) is 5.75 Å². The number of piperazine rings is 1. The standard InChI is InChI=1S/C24H19ClN5O3S/c25-17-5-3-16(4-6-17)24-26-19-14-18(7-8-20(19)31-24)33-30-11-9-29(10-12-30)15-22-27-23(28-32-22)21-2-1-13-34-21/h1-9,13-14H,10-12,15H2. The molecule has 1 fully saturated rings. The van der Waals surface area contributed by atoms with Crippen LogP contribution in [0.2, 0.25) is 5.02 Å². The number of aromatic nitrogens is 3. The van der Waals surface area contributed by atoms with E-state index in [4.69, 9.17) is 25.4 Å². The van der Waals surface area contributed by atoms with Gasteiger partial charge in [0.2, 0.25) is 17.6 Å². The van der Waals surface area contributed by atoms with E-state index in [-0.39, 0.29) is 0 Å². The minimum Gasteiger partial charge on any atom is -0.436 e. The van der Waals surface area contributed by atoms with Crippen molar-refractivity contribution in [3.05, 3.63) is 77.4 Å². The number of halogens is 1. The summed E-state index contributed by atoms with van der Waals surface area (Å²) in [6, 6.07) is 17.0. The van der Waals surface area contributed by atoms with E-state index in [1.807, 2.05) is 65.0 Å². The molecule has 0 N–H and O–H groups in total. The van der Waals surface area contributed by atoms with Gasteiger partial charge < -0.3 is 13.8 Å². The molecule has 171 valence electrons. The maximum atomic E-state index is 6.07. The fraction of sp³-hybridized carbons (Fsp3) is 0.167. The lowest BCUT2D eigenvalue weighted by atomic mass is 10.2. The van der Waals surface area contributed by atoms with Gasteiger partial charge in [-0.1, -0.05) is 22.8 Å². The molecular weight excluding hydrogens is 474 g/mol. The van der Waals surface area contributed by atoms with Gasteiger partial charge in [-0.3, -0.25) is 4.90 Å². The number of rotatable bonds is 6. The van der Waals surface area contributed by atoms with Crippen LogP contribution in [-0.4, -0.2) is 44.7 Å². The van der Waals surface area contributed by atoms with Crippen molar-refractivity contribution >= 4 is 34.0 Å². The summed E-state index contributed by atoms with van der Waals surface area (Å²) in [4.78, 5) is 18.3. The minimum absolute atomic E-state index is 0.550. The Morgan fingerprint density at radius 2 is 1.97 bits per heavy atom. The largest absolute Gasteiger partial charge is 0.436 e. The molecule has 0 spiro atoms. The minimum atomic E-state index is 0.550. The first-order valence-electron chi connectivity index (χ1n) is 10.7. The molecule has 5 aromatic rings. The highest BCUT2D eigenvalue weighted by molar-refractivity contribution is 7.13. The van der Waals surface area contributed by atoms with Crippen LogP contribution < -0.4 is 4.84 Å². The van der Waals surface area contributed by atoms with Crippen molar-refractivity contribution in [2.24, 2.45) is 0 Å². The highest BCUT2D eigenvalue weighted by atomic mass is 35.5. The van der Waals surface area contributed by atoms with Crippen LogP contribution in [0, 0.1) is 6.54 Å². The van der Waals surface area contributed by atoms with E-state index < -0.39 is 0 Å². The van der Waals surface area contributed by atoms with Crippen LogP contribution in [0.4, 0.5) is 0 Å². The van der Waals surface area contributed by atoms with Gasteiger partial charge in [-0.05, 0) is 47.8 Å². The summed E-state index contributed by atoms with van der Waals surface area (Å²) in [7, 11) is 0. The molecule has 1 aliphatic heterocycles. The number of hydrogen-bond acceptors (Lipinski definition) is 9. The second-order valence-corrected chi connectivity index (χ2v) is 9.16. The van der Waals surface area contributed by atoms with Crippen molar-refractivity contribution in [3.8, 4) is 27.9 Å². The van der Waals surface area contributed by atoms with Crippen molar-refractivity contribution < 1.29 is 13.8 Å². The van der Waals surface area contributed by atoms with E-state index in [2.05, 4.69) is 26.6 Å². The third-order valence-corrected chi connectivity index (χ3v) is 6.53. The predicted octanol–water partition coefficient (Wildman–Crippen LogP) is 5.53. The molecule has 10 heteroatoms. The number of thiophene rings is 1. The molecule has 34 heavy (non-hydrogen) atoms. The summed E-state index contributed by atoms with van der Waals surface area (Å²) < 4.78 is 11.3. The maximum absolute atomic E-state index is 6.07. The molecule has 4 heterocycles. The summed E-state index contributed by atoms with van der Waals surface area (Å²) in [5.41, 5.74) is 2.32. The van der Waals surface area contributed by atoms with E-state index in [0.29, 0.717) is 47.1 Å². The maximum Gasteiger partial charge on any atom is 0.241 e. The quantitative estimate of drug-likeness (QED) is 0.306. The SMILES string of the molecule is Clc1ccc(-c2nc3cc(ON4C[CH]N(Cc5nc(-c6cccs6)no5)CC4)ccc3o2)cc1. The zero-order valence-electron chi connectivity index (χ0n) is 17.9. The first-order valence-corrected chi connectivity index (χ1v) is 12.0. The second-order valence-electron chi connectivity index (χ2n) is 7.78. The third-order valence-electron chi connectivity index (χ3n) is 5.41. The van der Waals surface area contributed by atoms with Crippen molar-refractivity contribution in [1.82, 2.24) is 25.1 Å². The van der Waals surface area contributed by atoms with Crippen molar-refractivity contribution in [3.63, 3.8) is 0 Å². The lowest BCUT2D eigenvalue weighted by molar-refractivity contribution is -0.0778. The zero-order valence-corrected chi connectivity index (χ0v) is 19.5. The number of hydrogen-bond donors (Lipinski definition) is 0. The molecule has 0 unspecified atom stereocenters. The van der Waals surface area contributed by atoms with Crippen molar-refractivity contribution in [2.45, 2.75) is 6.54 Å². The van der Waals surface area contributed by atoms with Gasteiger partial charge in [0.05, 0.1) is 18.0 Å². The van der Waals surface area contributed by atoms with E-state index in [9.17, 15) is 0 Å². The third kappa shape index (κ3) is 4.55. The Morgan fingerprint density at radius 3 is 2.76 bits per heavy atom. The Balaban J connectivity index is 1.06. The molecule has 0 amide bonds. The van der Waals surface area contributed by atoms with Gasteiger partial charge in [0.15, 0.2) is 5.58 Å². The van der Waals surface area contributed by atoms with E-state index >= 15 is 0 Å². The van der Waals surface area contributed by atoms with E-state index in [0.717, 1.165) is 29.0 Å². The number of benzene rings is 2. The van der Waals surface area contributed by atoms with Crippen molar-refractivity contribution in [2.75, 3.05) is 19.6 Å². The van der Waals surface area contributed by atoms with Gasteiger partial charge in [0.1, 0.15) is 11.3 Å². The van der Waals surface area contributed by atoms with E-state index in [1.54, 1.807) is 11.3 Å². The topological polar surface area (TPSA) is 80.7 Å². The summed E-state index contributed by atoms with van der Waals surface area (Å²) in [5, 5.41) is 8.65. The highest BCUT2D eigenvalue weighted by Crippen LogP contribution is 2.28. The molecule has 2 aromatic carbocycles. The van der Waals surface area contributed by atoms with Crippen LogP contribution in [0.3, 0.4) is 0 Å². The summed E-state index contributed by atoms with van der Waals surface area (Å²) in [5.74, 6) is 2.49. The molecule has 0 atom stereocenters. The smallest absolute Gasteiger partial charge is 0.241 e. The first kappa shape index (κ1) is 21.3. The summed E-state index contributed by atoms with van der Waals surface area (Å²) in [6.07, 6.45) is 0. The Hall–Kier alpha value is -3.24. The Bertz CT molecular complexity index is 1390. The van der Waals surface area contributed by atoms with Gasteiger partial charge in [0.25, 0.3) is 0 Å². The molecule has 1 saturated heterocycles. The monoisotopic (exact) mass is 492 g/mol. The number of hydroxylamine groups is 2. The number of nitrogens with zero attached hydrogens (tertiary/aromatic N) is 5. The average Bonchev–Trinajstić information content (AvgIpc) is 3.61. The molecule has 8 nitrogen and oxygen atoms in total. The Labute approximate surface area is 204 Å². The van der Waals surface area contributed by atoms with Gasteiger partial charge in [-0.25, -0.2) is 4.98 Å². The Morgan fingerprint density at radius 1 is 1.06 bits per heavy atom. The molecule has 6 rings (SSSR count). The lowest BCUT2D eigenvalue weighted by Gasteiger charge is -2.32. The zero-order chi connectivity index (χ0) is 22.9. The normalized spacial score (nSPS) is 15.2. The lowest BCUT2D eigenvalue weighted by Crippen LogP contribution is -2.44.